The van der Waals surface area contributed by atoms with Crippen molar-refractivity contribution in [1.82, 2.24) is 9.29 Å². The van der Waals surface area contributed by atoms with Crippen molar-refractivity contribution in [1.29, 1.82) is 0 Å². The Bertz CT molecular complexity index is 1620. The summed E-state index contributed by atoms with van der Waals surface area (Å²) in [5.74, 6) is 0.207. The Morgan fingerprint density at radius 3 is 2.38 bits per heavy atom. The summed E-state index contributed by atoms with van der Waals surface area (Å²) in [6.07, 6.45) is 2.64. The number of hydrogen-bond donors (Lipinski definition) is 0. The second kappa shape index (κ2) is 11.3. The summed E-state index contributed by atoms with van der Waals surface area (Å²) >= 11 is 4.84. The first-order chi connectivity index (χ1) is 18.6. The van der Waals surface area contributed by atoms with E-state index in [4.69, 9.17) is 0 Å². The highest BCUT2D eigenvalue weighted by Crippen LogP contribution is 2.32. The van der Waals surface area contributed by atoms with Crippen LogP contribution < -0.4 is 5.01 Å². The van der Waals surface area contributed by atoms with E-state index in [1.807, 2.05) is 49.4 Å². The van der Waals surface area contributed by atoms with E-state index in [1.165, 1.54) is 28.5 Å². The summed E-state index contributed by atoms with van der Waals surface area (Å²) in [6, 6.07) is 19.6. The lowest BCUT2D eigenvalue weighted by Crippen LogP contribution is -2.42. The van der Waals surface area contributed by atoms with E-state index in [9.17, 15) is 13.2 Å². The third kappa shape index (κ3) is 6.14. The Hall–Kier alpha value is -2.92. The van der Waals surface area contributed by atoms with Crippen molar-refractivity contribution >= 4 is 64.8 Å². The van der Waals surface area contributed by atoms with E-state index in [2.05, 4.69) is 39.9 Å². The first kappa shape index (κ1) is 27.6. The maximum Gasteiger partial charge on any atom is 0.280 e. The molecule has 202 valence electrons. The molecule has 1 aromatic heterocycles. The third-order valence-corrected chi connectivity index (χ3v) is 10.0. The summed E-state index contributed by atoms with van der Waals surface area (Å²) in [5.41, 5.74) is 3.04. The average Bonchev–Trinajstić information content (AvgIpc) is 3.32. The van der Waals surface area contributed by atoms with Crippen molar-refractivity contribution in [2.45, 2.75) is 32.1 Å². The van der Waals surface area contributed by atoms with Gasteiger partial charge in [0.05, 0.1) is 21.3 Å². The van der Waals surface area contributed by atoms with Gasteiger partial charge in [-0.25, -0.2) is 13.4 Å². The molecule has 0 aliphatic carbocycles. The molecule has 39 heavy (non-hydrogen) atoms. The number of amides is 1. The number of benzene rings is 3. The molecular weight excluding hydrogens is 596 g/mol. The molecular formula is C29H29BrN4O3S2. The molecule has 1 aliphatic heterocycles. The number of nitrogens with zero attached hydrogens (tertiary/aromatic N) is 4. The molecule has 0 saturated carbocycles. The van der Waals surface area contributed by atoms with E-state index in [-0.39, 0.29) is 4.90 Å². The predicted octanol–water partition coefficient (Wildman–Crippen LogP) is 6.71. The fraction of sp³-hybridized carbons (Fsp3) is 0.276. The van der Waals surface area contributed by atoms with Gasteiger partial charge < -0.3 is 0 Å². The third-order valence-electron chi connectivity index (χ3n) is 6.69. The minimum atomic E-state index is -3.65. The Morgan fingerprint density at radius 1 is 1.05 bits per heavy atom. The van der Waals surface area contributed by atoms with Gasteiger partial charge in [-0.2, -0.15) is 14.4 Å². The summed E-state index contributed by atoms with van der Waals surface area (Å²) < 4.78 is 30.0. The molecule has 1 amide bonds. The number of carbonyl (C=O) groups is 1. The van der Waals surface area contributed by atoms with E-state index < -0.39 is 15.9 Å². The Morgan fingerprint density at radius 2 is 1.72 bits per heavy atom. The quantitative estimate of drug-likeness (QED) is 0.176. The molecule has 1 fully saturated rings. The highest BCUT2D eigenvalue weighted by Gasteiger charge is 2.32. The van der Waals surface area contributed by atoms with E-state index in [0.717, 1.165) is 32.2 Å². The van der Waals surface area contributed by atoms with Crippen LogP contribution in [0.5, 0.6) is 0 Å². The second-order valence-electron chi connectivity index (χ2n) is 10.2. The number of hydrogen-bond acceptors (Lipinski definition) is 6. The van der Waals surface area contributed by atoms with Crippen LogP contribution in [0.2, 0.25) is 0 Å². The van der Waals surface area contributed by atoms with Gasteiger partial charge in [0.15, 0.2) is 0 Å². The molecule has 0 bridgehead atoms. The van der Waals surface area contributed by atoms with Crippen LogP contribution in [-0.2, 0) is 10.0 Å². The number of carbonyl (C=O) groups excluding carboxylic acids is 1. The van der Waals surface area contributed by atoms with Crippen molar-refractivity contribution in [2.75, 3.05) is 18.1 Å². The van der Waals surface area contributed by atoms with Gasteiger partial charge in [0.25, 0.3) is 5.91 Å². The second-order valence-corrected chi connectivity index (χ2v) is 14.0. The largest absolute Gasteiger partial charge is 0.280 e. The van der Waals surface area contributed by atoms with Gasteiger partial charge in [-0.1, -0.05) is 70.9 Å². The van der Waals surface area contributed by atoms with Crippen molar-refractivity contribution in [3.8, 4) is 0 Å². The molecule has 1 saturated heterocycles. The average molecular weight is 626 g/mol. The van der Waals surface area contributed by atoms with Crippen molar-refractivity contribution in [3.63, 3.8) is 0 Å². The van der Waals surface area contributed by atoms with Crippen LogP contribution in [0.15, 0.2) is 81.2 Å². The molecule has 0 radical (unpaired) electrons. The molecule has 1 aliphatic rings. The lowest BCUT2D eigenvalue weighted by molar-refractivity contribution is 0.0987. The highest BCUT2D eigenvalue weighted by atomic mass is 79.9. The summed E-state index contributed by atoms with van der Waals surface area (Å²) in [7, 11) is -3.65. The van der Waals surface area contributed by atoms with Crippen LogP contribution in [0.4, 0.5) is 5.13 Å². The fourth-order valence-corrected chi connectivity index (χ4v) is 7.94. The van der Waals surface area contributed by atoms with Crippen molar-refractivity contribution in [3.05, 3.63) is 87.9 Å². The smallest absolute Gasteiger partial charge is 0.267 e. The number of aromatic nitrogens is 1. The van der Waals surface area contributed by atoms with Gasteiger partial charge in [-0.3, -0.25) is 4.79 Å². The van der Waals surface area contributed by atoms with Crippen LogP contribution in [0, 0.1) is 18.8 Å². The summed E-state index contributed by atoms with van der Waals surface area (Å²) in [5, 5.41) is 6.21. The number of hydrazone groups is 1. The first-order valence-electron chi connectivity index (χ1n) is 12.7. The Balaban J connectivity index is 1.46. The van der Waals surface area contributed by atoms with E-state index in [1.54, 1.807) is 22.7 Å². The van der Waals surface area contributed by atoms with Gasteiger partial charge in [0, 0.05) is 23.1 Å². The minimum Gasteiger partial charge on any atom is -0.267 e. The van der Waals surface area contributed by atoms with Crippen molar-refractivity contribution < 1.29 is 13.2 Å². The molecule has 3 aromatic carbocycles. The zero-order valence-electron chi connectivity index (χ0n) is 21.9. The Labute approximate surface area is 241 Å². The fourth-order valence-electron chi connectivity index (χ4n) is 4.79. The topological polar surface area (TPSA) is 82.9 Å². The predicted molar refractivity (Wildman–Crippen MR) is 161 cm³/mol. The van der Waals surface area contributed by atoms with Crippen LogP contribution in [0.25, 0.3) is 10.2 Å². The van der Waals surface area contributed by atoms with Gasteiger partial charge in [0.1, 0.15) is 0 Å². The van der Waals surface area contributed by atoms with E-state index in [0.29, 0.717) is 35.6 Å². The SMILES string of the molecule is Cc1ccc(/C=N/N(C(=O)c2ccc(S(=O)(=O)N3CC(C)CC(C)C3)cc2)c2nc3ccc(Br)cc3s2)cc1. The number of fused-ring (bicyclic) bond motifs is 1. The molecule has 2 atom stereocenters. The molecule has 0 spiro atoms. The molecule has 2 unspecified atom stereocenters. The number of thiazole rings is 1. The summed E-state index contributed by atoms with van der Waals surface area (Å²) in [4.78, 5) is 18.5. The highest BCUT2D eigenvalue weighted by molar-refractivity contribution is 9.10. The lowest BCUT2D eigenvalue weighted by atomic mass is 9.94. The van der Waals surface area contributed by atoms with Gasteiger partial charge >= 0.3 is 0 Å². The molecule has 10 heteroatoms. The van der Waals surface area contributed by atoms with Crippen molar-refractivity contribution in [2.24, 2.45) is 16.9 Å². The normalized spacial score (nSPS) is 18.6. The van der Waals surface area contributed by atoms with E-state index >= 15 is 0 Å². The van der Waals surface area contributed by atoms with Crippen LogP contribution >= 0.6 is 27.3 Å². The van der Waals surface area contributed by atoms with Crippen LogP contribution in [0.3, 0.4) is 0 Å². The molecule has 0 N–H and O–H groups in total. The number of rotatable bonds is 6. The monoisotopic (exact) mass is 624 g/mol. The van der Waals surface area contributed by atoms with Gasteiger partial charge in [-0.15, -0.1) is 0 Å². The minimum absolute atomic E-state index is 0.180. The maximum atomic E-state index is 13.7. The van der Waals surface area contributed by atoms with Gasteiger partial charge in [0.2, 0.25) is 15.2 Å². The van der Waals surface area contributed by atoms with Gasteiger partial charge in [-0.05, 0) is 73.2 Å². The molecule has 4 aromatic rings. The Kier molecular flexibility index (Phi) is 8.00. The number of piperidine rings is 1. The number of aryl methyl sites for hydroxylation is 1. The van der Waals surface area contributed by atoms with Crippen LogP contribution in [-0.4, -0.2) is 42.9 Å². The number of anilines is 1. The molecule has 7 nitrogen and oxygen atoms in total. The standard InChI is InChI=1S/C29H29BrN4O3S2/c1-19-4-6-22(7-5-19)16-31-34(29-32-26-13-10-24(30)15-27(26)38-29)28(35)23-8-11-25(12-9-23)39(36,37)33-17-20(2)14-21(3)18-33/h4-13,15-16,20-21H,14,17-18H2,1-3H3/b31-16+. The molecule has 5 rings (SSSR count). The molecule has 2 heterocycles. The zero-order chi connectivity index (χ0) is 27.7. The number of sulfonamides is 1. The van der Waals surface area contributed by atoms with Crippen LogP contribution in [0.1, 0.15) is 41.8 Å². The number of halogens is 1. The zero-order valence-corrected chi connectivity index (χ0v) is 25.1. The summed E-state index contributed by atoms with van der Waals surface area (Å²) in [6.45, 7) is 7.16. The first-order valence-corrected chi connectivity index (χ1v) is 15.8. The lowest BCUT2D eigenvalue weighted by Gasteiger charge is -2.34. The maximum absolute atomic E-state index is 13.7.